The molecule has 4 heteroatoms. The molecule has 0 amide bonds. The van der Waals surface area contributed by atoms with Crippen LogP contribution in [0.4, 0.5) is 17.3 Å². The highest BCUT2D eigenvalue weighted by atomic mass is 16.4. The van der Waals surface area contributed by atoms with Crippen molar-refractivity contribution in [2.75, 3.05) is 4.90 Å². The molecule has 0 atom stereocenters. The SMILES string of the molecule is c1ccc(B2c3cccc4c3N(c3oc5ccccc5c32)c2c3c(cc5c6ccccc6c6ccccc6c25)-c2ccc5c6ccccc6c6ccccc6c5c2B43)cc1. The van der Waals surface area contributed by atoms with Crippen molar-refractivity contribution >= 4 is 139 Å². The molecule has 15 rings (SSSR count). The fourth-order valence-corrected chi connectivity index (χ4v) is 12.1. The van der Waals surface area contributed by atoms with Crippen LogP contribution >= 0.6 is 0 Å². The second-order valence-corrected chi connectivity index (χ2v) is 17.0. The third-order valence-corrected chi connectivity index (χ3v) is 14.3. The van der Waals surface area contributed by atoms with Crippen molar-refractivity contribution in [2.24, 2.45) is 0 Å². The fraction of sp³-hybridized carbons (Fsp3) is 0. The molecule has 272 valence electrons. The molecular formula is C56H31B2NO. The topological polar surface area (TPSA) is 16.4 Å². The lowest BCUT2D eigenvalue weighted by Crippen LogP contribution is -2.63. The maximum atomic E-state index is 7.27. The van der Waals surface area contributed by atoms with Crippen LogP contribution in [-0.4, -0.2) is 13.4 Å². The van der Waals surface area contributed by atoms with Crippen LogP contribution in [0, 0.1) is 0 Å². The molecule has 3 aliphatic rings. The molecule has 2 nitrogen and oxygen atoms in total. The van der Waals surface area contributed by atoms with Crippen LogP contribution in [0.5, 0.6) is 0 Å². The zero-order valence-electron chi connectivity index (χ0n) is 32.4. The standard InChI is InChI=1S/C56H31B2NO/c1-2-15-32(16-3-1)57-46-26-14-27-47-54(46)59(56-53(57)43-25-12-13-28-48(43)60-56)55-50-40-24-11-9-20-36(40)34-18-5-7-22-38(34)44(50)31-45-42-30-29-41-37-21-6-4-17-33(37)35-19-8-10-23-39(35)49(41)51(42)58(47)52(45)55/h1-31H. The van der Waals surface area contributed by atoms with Gasteiger partial charge in [0, 0.05) is 21.9 Å². The first-order valence-electron chi connectivity index (χ1n) is 21.1. The summed E-state index contributed by atoms with van der Waals surface area (Å²) in [6.07, 6.45) is 0. The van der Waals surface area contributed by atoms with Gasteiger partial charge in [-0.1, -0.05) is 187 Å². The van der Waals surface area contributed by atoms with E-state index < -0.39 is 0 Å². The number of nitrogens with zero attached hydrogens (tertiary/aromatic N) is 1. The summed E-state index contributed by atoms with van der Waals surface area (Å²) in [6, 6.07) is 70.4. The summed E-state index contributed by atoms with van der Waals surface area (Å²) in [4.78, 5) is 2.57. The highest BCUT2D eigenvalue weighted by Gasteiger charge is 2.50. The van der Waals surface area contributed by atoms with Crippen LogP contribution in [0.25, 0.3) is 86.7 Å². The number of fused-ring (bicyclic) bond motifs is 23. The van der Waals surface area contributed by atoms with Gasteiger partial charge in [0.2, 0.25) is 12.6 Å². The summed E-state index contributed by atoms with van der Waals surface area (Å²) < 4.78 is 7.27. The third-order valence-electron chi connectivity index (χ3n) is 14.3. The number of para-hydroxylation sites is 2. The smallest absolute Gasteiger partial charge is 0.251 e. The minimum atomic E-state index is -0.0113. The van der Waals surface area contributed by atoms with Crippen LogP contribution in [0.15, 0.2) is 192 Å². The van der Waals surface area contributed by atoms with Crippen molar-refractivity contribution in [3.63, 3.8) is 0 Å². The summed E-state index contributed by atoms with van der Waals surface area (Å²) in [5, 5.41) is 16.7. The van der Waals surface area contributed by atoms with E-state index in [0.29, 0.717) is 0 Å². The normalized spacial score (nSPS) is 13.6. The van der Waals surface area contributed by atoms with Gasteiger partial charge in [-0.05, 0) is 98.9 Å². The molecule has 12 aromatic rings. The average molecular weight is 755 g/mol. The number of hydrogen-bond donors (Lipinski definition) is 0. The number of furan rings is 1. The van der Waals surface area contributed by atoms with Crippen LogP contribution in [0.1, 0.15) is 0 Å². The Balaban J connectivity index is 1.20. The first-order valence-corrected chi connectivity index (χ1v) is 21.1. The molecule has 0 radical (unpaired) electrons. The molecule has 0 fully saturated rings. The Morgan fingerprint density at radius 3 is 1.52 bits per heavy atom. The molecule has 4 heterocycles. The fourth-order valence-electron chi connectivity index (χ4n) is 12.1. The highest BCUT2D eigenvalue weighted by molar-refractivity contribution is 7.05. The van der Waals surface area contributed by atoms with Crippen molar-refractivity contribution in [3.8, 4) is 11.1 Å². The lowest BCUT2D eigenvalue weighted by molar-refractivity contribution is 0.623. The molecule has 3 aliphatic heterocycles. The van der Waals surface area contributed by atoms with Gasteiger partial charge in [0.25, 0.3) is 6.71 Å². The van der Waals surface area contributed by atoms with Crippen molar-refractivity contribution in [3.05, 3.63) is 188 Å². The van der Waals surface area contributed by atoms with Gasteiger partial charge in [-0.2, -0.15) is 0 Å². The van der Waals surface area contributed by atoms with Gasteiger partial charge < -0.3 is 4.42 Å². The van der Waals surface area contributed by atoms with E-state index in [1.165, 1.54) is 125 Å². The lowest BCUT2D eigenvalue weighted by atomic mass is 9.31. The van der Waals surface area contributed by atoms with Gasteiger partial charge in [0.05, 0.1) is 5.69 Å². The second kappa shape index (κ2) is 11.1. The van der Waals surface area contributed by atoms with Gasteiger partial charge >= 0.3 is 0 Å². The first kappa shape index (κ1) is 31.4. The van der Waals surface area contributed by atoms with Crippen LogP contribution in [0.2, 0.25) is 0 Å². The monoisotopic (exact) mass is 755 g/mol. The Bertz CT molecular complexity index is 3890. The van der Waals surface area contributed by atoms with Crippen molar-refractivity contribution in [1.29, 1.82) is 0 Å². The van der Waals surface area contributed by atoms with Gasteiger partial charge in [-0.25, -0.2) is 0 Å². The minimum Gasteiger partial charge on any atom is -0.440 e. The summed E-state index contributed by atoms with van der Waals surface area (Å²) in [5.41, 5.74) is 14.0. The van der Waals surface area contributed by atoms with E-state index in [4.69, 9.17) is 4.42 Å². The number of rotatable bonds is 1. The van der Waals surface area contributed by atoms with Gasteiger partial charge in [-0.15, -0.1) is 0 Å². The zero-order chi connectivity index (χ0) is 38.8. The Hall–Kier alpha value is -7.55. The number of anilines is 3. The van der Waals surface area contributed by atoms with Crippen LogP contribution < -0.4 is 37.7 Å². The maximum Gasteiger partial charge on any atom is 0.251 e. The molecule has 0 saturated heterocycles. The Morgan fingerprint density at radius 2 is 0.850 bits per heavy atom. The summed E-state index contributed by atoms with van der Waals surface area (Å²) in [6.45, 7) is -0.00996. The molecule has 1 aromatic heterocycles. The predicted octanol–water partition coefficient (Wildman–Crippen LogP) is 10.5. The zero-order valence-corrected chi connectivity index (χ0v) is 32.4. The molecule has 0 unspecified atom stereocenters. The Morgan fingerprint density at radius 1 is 0.333 bits per heavy atom. The summed E-state index contributed by atoms with van der Waals surface area (Å²) in [5.74, 6) is 0.924. The quantitative estimate of drug-likeness (QED) is 0.123. The Labute approximate surface area is 346 Å². The number of benzene rings is 11. The largest absolute Gasteiger partial charge is 0.440 e. The molecule has 0 saturated carbocycles. The van der Waals surface area contributed by atoms with E-state index in [2.05, 4.69) is 193 Å². The van der Waals surface area contributed by atoms with Crippen LogP contribution in [0.3, 0.4) is 0 Å². The highest BCUT2D eigenvalue weighted by Crippen LogP contribution is 2.51. The van der Waals surface area contributed by atoms with Crippen LogP contribution in [-0.2, 0) is 0 Å². The molecule has 0 aliphatic carbocycles. The van der Waals surface area contributed by atoms with Crippen molar-refractivity contribution < 1.29 is 4.42 Å². The molecule has 11 aromatic carbocycles. The molecule has 60 heavy (non-hydrogen) atoms. The van der Waals surface area contributed by atoms with E-state index in [9.17, 15) is 0 Å². The van der Waals surface area contributed by atoms with Gasteiger partial charge in [0.15, 0.2) is 0 Å². The van der Waals surface area contributed by atoms with Gasteiger partial charge in [-0.3, -0.25) is 4.90 Å². The maximum absolute atomic E-state index is 7.27. The van der Waals surface area contributed by atoms with Crippen molar-refractivity contribution in [2.45, 2.75) is 0 Å². The average Bonchev–Trinajstić information content (AvgIpc) is 3.87. The molecule has 0 N–H and O–H groups in total. The number of hydrogen-bond acceptors (Lipinski definition) is 2. The van der Waals surface area contributed by atoms with E-state index in [1.54, 1.807) is 0 Å². The van der Waals surface area contributed by atoms with Gasteiger partial charge in [0.1, 0.15) is 5.58 Å². The molecule has 0 spiro atoms. The third kappa shape index (κ3) is 3.71. The molecular weight excluding hydrogens is 724 g/mol. The lowest BCUT2D eigenvalue weighted by Gasteiger charge is -2.41. The van der Waals surface area contributed by atoms with E-state index in [-0.39, 0.29) is 13.4 Å². The summed E-state index contributed by atoms with van der Waals surface area (Å²) >= 11 is 0. The first-order chi connectivity index (χ1) is 29.8. The second-order valence-electron chi connectivity index (χ2n) is 17.0. The predicted molar refractivity (Wildman–Crippen MR) is 257 cm³/mol. The summed E-state index contributed by atoms with van der Waals surface area (Å²) in [7, 11) is 0. The van der Waals surface area contributed by atoms with E-state index >= 15 is 0 Å². The minimum absolute atomic E-state index is 0.00135. The van der Waals surface area contributed by atoms with Crippen molar-refractivity contribution in [1.82, 2.24) is 0 Å². The van der Waals surface area contributed by atoms with E-state index in [1.807, 2.05) is 0 Å². The molecule has 0 bridgehead atoms. The van der Waals surface area contributed by atoms with E-state index in [0.717, 1.165) is 11.5 Å². The Kier molecular flexibility index (Phi) is 5.83.